The maximum atomic E-state index is 14.9. The molecular weight excluding hydrogens is 397 g/mol. The van der Waals surface area contributed by atoms with Crippen molar-refractivity contribution in [1.82, 2.24) is 0 Å². The van der Waals surface area contributed by atoms with Crippen LogP contribution in [0.25, 0.3) is 22.3 Å². The highest BCUT2D eigenvalue weighted by Gasteiger charge is 2.24. The zero-order valence-corrected chi connectivity index (χ0v) is 17.7. The van der Waals surface area contributed by atoms with Gasteiger partial charge >= 0.3 is 0 Å². The molecule has 1 aliphatic rings. The highest BCUT2D eigenvalue weighted by Crippen LogP contribution is 2.35. The molecule has 0 spiro atoms. The second-order valence-corrected chi connectivity index (χ2v) is 8.06. The molecule has 4 rings (SSSR count). The molecule has 4 heteroatoms. The van der Waals surface area contributed by atoms with Crippen LogP contribution in [0.1, 0.15) is 37.0 Å². The van der Waals surface area contributed by atoms with Crippen LogP contribution < -0.4 is 0 Å². The van der Waals surface area contributed by atoms with Gasteiger partial charge in [-0.3, -0.25) is 0 Å². The summed E-state index contributed by atoms with van der Waals surface area (Å²) in [5.41, 5.74) is 3.17. The number of halogens is 3. The minimum Gasteiger partial charge on any atom is -0.373 e. The Labute approximate surface area is 181 Å². The number of rotatable bonds is 4. The second-order valence-electron chi connectivity index (χ2n) is 8.06. The van der Waals surface area contributed by atoms with Gasteiger partial charge in [-0.05, 0) is 55.0 Å². The number of allylic oxidation sites excluding steroid dienone is 1. The van der Waals surface area contributed by atoms with Crippen molar-refractivity contribution in [2.45, 2.75) is 32.8 Å². The van der Waals surface area contributed by atoms with E-state index in [0.717, 1.165) is 24.0 Å². The van der Waals surface area contributed by atoms with Crippen molar-refractivity contribution in [3.05, 3.63) is 95.3 Å². The van der Waals surface area contributed by atoms with Gasteiger partial charge in [0.1, 0.15) is 5.82 Å². The molecule has 0 aromatic heterocycles. The average molecular weight is 422 g/mol. The zero-order chi connectivity index (χ0) is 22.0. The van der Waals surface area contributed by atoms with E-state index in [1.807, 2.05) is 19.1 Å². The molecule has 0 saturated carbocycles. The topological polar surface area (TPSA) is 9.23 Å². The Balaban J connectivity index is 1.53. The van der Waals surface area contributed by atoms with Gasteiger partial charge in [-0.25, -0.2) is 13.2 Å². The lowest BCUT2D eigenvalue weighted by atomic mass is 9.92. The van der Waals surface area contributed by atoms with E-state index in [4.69, 9.17) is 4.74 Å². The van der Waals surface area contributed by atoms with Crippen molar-refractivity contribution in [2.75, 3.05) is 6.61 Å². The number of aryl methyl sites for hydroxylation is 1. The molecule has 0 N–H and O–H groups in total. The molecule has 31 heavy (non-hydrogen) atoms. The fourth-order valence-electron chi connectivity index (χ4n) is 4.12. The standard InChI is InChI=1S/C27H25F3O/c1-3-4-18-6-14-25(31-16-18)23-13-11-21(15-24(23)28)19-7-9-20(10-8-19)22-12-5-17(2)26(29)27(22)30/h3-5,7-13,15,18,25H,6,14,16H2,1-2H3/b4-3+. The summed E-state index contributed by atoms with van der Waals surface area (Å²) in [7, 11) is 0. The van der Waals surface area contributed by atoms with Gasteiger partial charge in [-0.2, -0.15) is 0 Å². The van der Waals surface area contributed by atoms with Crippen LogP contribution in [0, 0.1) is 30.3 Å². The molecule has 1 heterocycles. The summed E-state index contributed by atoms with van der Waals surface area (Å²) in [5.74, 6) is -1.58. The lowest BCUT2D eigenvalue weighted by molar-refractivity contribution is -0.00711. The van der Waals surface area contributed by atoms with E-state index in [9.17, 15) is 13.2 Å². The Morgan fingerprint density at radius 3 is 2.19 bits per heavy atom. The van der Waals surface area contributed by atoms with E-state index in [1.165, 1.54) is 13.0 Å². The van der Waals surface area contributed by atoms with Crippen LogP contribution >= 0.6 is 0 Å². The van der Waals surface area contributed by atoms with E-state index in [1.54, 1.807) is 42.5 Å². The van der Waals surface area contributed by atoms with Crippen LogP contribution in [0.5, 0.6) is 0 Å². The maximum absolute atomic E-state index is 14.9. The average Bonchev–Trinajstić information content (AvgIpc) is 2.79. The van der Waals surface area contributed by atoms with E-state index >= 15 is 0 Å². The Hall–Kier alpha value is -2.85. The molecule has 1 nitrogen and oxygen atoms in total. The van der Waals surface area contributed by atoms with Crippen LogP contribution in [0.15, 0.2) is 66.7 Å². The molecular formula is C27H25F3O. The molecule has 0 radical (unpaired) electrons. The first kappa shape index (κ1) is 21.4. The van der Waals surface area contributed by atoms with E-state index in [-0.39, 0.29) is 23.0 Å². The van der Waals surface area contributed by atoms with Crippen LogP contribution in [0.4, 0.5) is 13.2 Å². The van der Waals surface area contributed by atoms with E-state index in [2.05, 4.69) is 6.08 Å². The molecule has 1 aliphatic heterocycles. The van der Waals surface area contributed by atoms with Crippen LogP contribution in [0.3, 0.4) is 0 Å². The van der Waals surface area contributed by atoms with Crippen LogP contribution in [-0.2, 0) is 4.74 Å². The van der Waals surface area contributed by atoms with Gasteiger partial charge < -0.3 is 4.74 Å². The predicted octanol–water partition coefficient (Wildman–Crippen LogP) is 7.79. The summed E-state index contributed by atoms with van der Waals surface area (Å²) in [6.07, 6.45) is 5.71. The molecule has 3 aromatic rings. The van der Waals surface area contributed by atoms with Crippen molar-refractivity contribution < 1.29 is 17.9 Å². The molecule has 3 aromatic carbocycles. The molecule has 2 unspecified atom stereocenters. The lowest BCUT2D eigenvalue weighted by Crippen LogP contribution is -2.20. The third-order valence-electron chi connectivity index (χ3n) is 5.93. The molecule has 0 amide bonds. The zero-order valence-electron chi connectivity index (χ0n) is 17.7. The molecule has 160 valence electrons. The summed E-state index contributed by atoms with van der Waals surface area (Å²) in [5, 5.41) is 0. The Morgan fingerprint density at radius 1 is 0.839 bits per heavy atom. The van der Waals surface area contributed by atoms with Crippen molar-refractivity contribution in [1.29, 1.82) is 0 Å². The van der Waals surface area contributed by atoms with Gasteiger partial charge in [0.2, 0.25) is 0 Å². The van der Waals surface area contributed by atoms with Gasteiger partial charge in [0.25, 0.3) is 0 Å². The lowest BCUT2D eigenvalue weighted by Gasteiger charge is -2.28. The van der Waals surface area contributed by atoms with Crippen molar-refractivity contribution in [3.63, 3.8) is 0 Å². The first-order chi connectivity index (χ1) is 15.0. The number of hydrogen-bond acceptors (Lipinski definition) is 1. The number of ether oxygens (including phenoxy) is 1. The number of benzene rings is 3. The van der Waals surface area contributed by atoms with Crippen molar-refractivity contribution >= 4 is 0 Å². The fraction of sp³-hybridized carbons (Fsp3) is 0.259. The third-order valence-corrected chi connectivity index (χ3v) is 5.93. The Bertz CT molecular complexity index is 1090. The van der Waals surface area contributed by atoms with Crippen LogP contribution in [0.2, 0.25) is 0 Å². The summed E-state index contributed by atoms with van der Waals surface area (Å²) in [6.45, 7) is 4.13. The Kier molecular flexibility index (Phi) is 6.28. The van der Waals surface area contributed by atoms with Gasteiger partial charge in [0.05, 0.1) is 12.7 Å². The first-order valence-electron chi connectivity index (χ1n) is 10.6. The summed E-state index contributed by atoms with van der Waals surface area (Å²) in [4.78, 5) is 0. The van der Waals surface area contributed by atoms with E-state index in [0.29, 0.717) is 23.7 Å². The highest BCUT2D eigenvalue weighted by molar-refractivity contribution is 5.71. The smallest absolute Gasteiger partial charge is 0.166 e. The van der Waals surface area contributed by atoms with E-state index < -0.39 is 11.6 Å². The first-order valence-corrected chi connectivity index (χ1v) is 10.6. The van der Waals surface area contributed by atoms with Gasteiger partial charge in [0.15, 0.2) is 11.6 Å². The molecule has 0 bridgehead atoms. The SMILES string of the molecule is C/C=C/C1CCC(c2ccc(-c3ccc(-c4ccc(C)c(F)c4F)cc3)cc2F)OC1. The molecule has 1 saturated heterocycles. The minimum absolute atomic E-state index is 0.210. The maximum Gasteiger partial charge on any atom is 0.166 e. The van der Waals surface area contributed by atoms with Crippen molar-refractivity contribution in [2.24, 2.45) is 5.92 Å². The highest BCUT2D eigenvalue weighted by atomic mass is 19.2. The molecule has 2 atom stereocenters. The molecule has 1 fully saturated rings. The van der Waals surface area contributed by atoms with Gasteiger partial charge in [-0.15, -0.1) is 0 Å². The normalized spacial score (nSPS) is 19.1. The third kappa shape index (κ3) is 4.45. The second kappa shape index (κ2) is 9.11. The van der Waals surface area contributed by atoms with Crippen molar-refractivity contribution in [3.8, 4) is 22.3 Å². The van der Waals surface area contributed by atoms with Gasteiger partial charge in [0, 0.05) is 17.0 Å². The Morgan fingerprint density at radius 2 is 1.55 bits per heavy atom. The minimum atomic E-state index is -0.854. The largest absolute Gasteiger partial charge is 0.373 e. The monoisotopic (exact) mass is 422 g/mol. The molecule has 0 aliphatic carbocycles. The quantitative estimate of drug-likeness (QED) is 0.390. The summed E-state index contributed by atoms with van der Waals surface area (Å²) >= 11 is 0. The predicted molar refractivity (Wildman–Crippen MR) is 118 cm³/mol. The van der Waals surface area contributed by atoms with Crippen LogP contribution in [-0.4, -0.2) is 6.61 Å². The van der Waals surface area contributed by atoms with Gasteiger partial charge in [-0.1, -0.05) is 60.7 Å². The fourth-order valence-corrected chi connectivity index (χ4v) is 4.12. The number of hydrogen-bond donors (Lipinski definition) is 0. The summed E-state index contributed by atoms with van der Waals surface area (Å²) < 4.78 is 48.9. The summed E-state index contributed by atoms with van der Waals surface area (Å²) in [6, 6.07) is 15.3.